The Bertz CT molecular complexity index is 697. The molecule has 0 aromatic heterocycles. The third-order valence-electron chi connectivity index (χ3n) is 5.43. The summed E-state index contributed by atoms with van der Waals surface area (Å²) in [5.74, 6) is 0.863. The third kappa shape index (κ3) is 4.20. The summed E-state index contributed by atoms with van der Waals surface area (Å²) in [6, 6.07) is 10.5. The Labute approximate surface area is 158 Å². The predicted octanol–water partition coefficient (Wildman–Crippen LogP) is 5.49. The topological polar surface area (TPSA) is 32.3 Å². The molecule has 3 heteroatoms. The molecule has 3 nitrogen and oxygen atoms in total. The number of carbonyl (C=O) groups excluding carboxylic acids is 1. The molecular weight excluding hydrogens is 320 g/mol. The Hall–Kier alpha value is -1.61. The molecule has 1 heterocycles. The van der Waals surface area contributed by atoms with Crippen molar-refractivity contribution in [2.75, 3.05) is 5.01 Å². The van der Waals surface area contributed by atoms with Crippen LogP contribution < -0.4 is 10.4 Å². The first-order valence-corrected chi connectivity index (χ1v) is 9.93. The van der Waals surface area contributed by atoms with E-state index >= 15 is 0 Å². The summed E-state index contributed by atoms with van der Waals surface area (Å²) < 4.78 is 0. The molecule has 1 aliphatic carbocycles. The number of hydrogen-bond donors (Lipinski definition) is 1. The predicted molar refractivity (Wildman–Crippen MR) is 109 cm³/mol. The van der Waals surface area contributed by atoms with Crippen LogP contribution in [0.2, 0.25) is 0 Å². The van der Waals surface area contributed by atoms with Gasteiger partial charge in [-0.05, 0) is 48.1 Å². The molecule has 1 N–H and O–H groups in total. The minimum absolute atomic E-state index is 0.0626. The lowest BCUT2D eigenvalue weighted by Gasteiger charge is -2.33. The Balaban J connectivity index is 1.95. The first-order valence-electron chi connectivity index (χ1n) is 9.93. The van der Waals surface area contributed by atoms with Crippen molar-refractivity contribution in [2.24, 2.45) is 16.7 Å². The maximum atomic E-state index is 13.0. The number of benzene rings is 1. The average Bonchev–Trinajstić information content (AvgIpc) is 2.83. The molecule has 1 saturated carbocycles. The largest absolute Gasteiger partial charge is 0.294 e. The number of hydrogen-bond acceptors (Lipinski definition) is 3. The van der Waals surface area contributed by atoms with E-state index in [1.165, 1.54) is 5.70 Å². The SMILES string of the molecule is CC(CC1=C2C(=O)CC(C)(C)CC2NN1c1ccccc1)CC(C)(C)C. The lowest BCUT2D eigenvalue weighted by atomic mass is 9.72. The van der Waals surface area contributed by atoms with Crippen LogP contribution in [0.5, 0.6) is 0 Å². The van der Waals surface area contributed by atoms with E-state index in [4.69, 9.17) is 0 Å². The normalized spacial score (nSPS) is 24.0. The lowest BCUT2D eigenvalue weighted by Crippen LogP contribution is -2.43. The Kier molecular flexibility index (Phi) is 5.04. The van der Waals surface area contributed by atoms with Gasteiger partial charge in [-0.1, -0.05) is 59.7 Å². The molecule has 0 bridgehead atoms. The molecule has 1 aliphatic heterocycles. The van der Waals surface area contributed by atoms with E-state index < -0.39 is 0 Å². The van der Waals surface area contributed by atoms with Crippen LogP contribution >= 0.6 is 0 Å². The van der Waals surface area contributed by atoms with Gasteiger partial charge in [0.25, 0.3) is 0 Å². The zero-order valence-corrected chi connectivity index (χ0v) is 17.2. The van der Waals surface area contributed by atoms with Crippen LogP contribution in [-0.4, -0.2) is 11.8 Å². The number of nitrogens with zero attached hydrogens (tertiary/aromatic N) is 1. The van der Waals surface area contributed by atoms with Gasteiger partial charge >= 0.3 is 0 Å². The molecule has 2 unspecified atom stereocenters. The number of ketones is 1. The van der Waals surface area contributed by atoms with Crippen molar-refractivity contribution < 1.29 is 4.79 Å². The van der Waals surface area contributed by atoms with Crippen molar-refractivity contribution in [2.45, 2.75) is 73.3 Å². The van der Waals surface area contributed by atoms with Crippen LogP contribution in [0.4, 0.5) is 5.69 Å². The molecule has 1 fully saturated rings. The molecule has 2 aliphatic rings. The molecule has 3 rings (SSSR count). The van der Waals surface area contributed by atoms with Crippen molar-refractivity contribution in [3.8, 4) is 0 Å². The fraction of sp³-hybridized carbons (Fsp3) is 0.609. The number of fused-ring (bicyclic) bond motifs is 1. The van der Waals surface area contributed by atoms with Crippen molar-refractivity contribution in [1.82, 2.24) is 5.43 Å². The van der Waals surface area contributed by atoms with Gasteiger partial charge in [-0.3, -0.25) is 9.80 Å². The summed E-state index contributed by atoms with van der Waals surface area (Å²) in [6.45, 7) is 13.6. The van der Waals surface area contributed by atoms with Crippen molar-refractivity contribution in [3.05, 3.63) is 41.6 Å². The second-order valence-corrected chi connectivity index (χ2v) is 10.3. The van der Waals surface area contributed by atoms with Crippen LogP contribution in [-0.2, 0) is 4.79 Å². The van der Waals surface area contributed by atoms with E-state index in [0.29, 0.717) is 23.5 Å². The standard InChI is InChI=1S/C23H34N2O/c1-16(13-22(2,3)4)12-19-21-18(14-23(5,6)15-20(21)26)24-25(19)17-10-8-7-9-11-17/h7-11,16,18,24H,12-15H2,1-6H3. The van der Waals surface area contributed by atoms with Gasteiger partial charge in [-0.15, -0.1) is 0 Å². The monoisotopic (exact) mass is 354 g/mol. The third-order valence-corrected chi connectivity index (χ3v) is 5.43. The maximum Gasteiger partial charge on any atom is 0.162 e. The van der Waals surface area contributed by atoms with E-state index in [1.54, 1.807) is 0 Å². The highest BCUT2D eigenvalue weighted by atomic mass is 16.1. The van der Waals surface area contributed by atoms with Gasteiger partial charge in [-0.25, -0.2) is 5.43 Å². The lowest BCUT2D eigenvalue weighted by molar-refractivity contribution is -0.119. The van der Waals surface area contributed by atoms with Crippen molar-refractivity contribution >= 4 is 11.5 Å². The molecule has 26 heavy (non-hydrogen) atoms. The number of hydrazine groups is 1. The maximum absolute atomic E-state index is 13.0. The first kappa shape index (κ1) is 19.2. The second kappa shape index (κ2) is 6.84. The van der Waals surface area contributed by atoms with Crippen LogP contribution in [0.1, 0.15) is 67.2 Å². The highest BCUT2D eigenvalue weighted by Crippen LogP contribution is 2.43. The van der Waals surface area contributed by atoms with E-state index in [9.17, 15) is 4.79 Å². The van der Waals surface area contributed by atoms with E-state index in [2.05, 4.69) is 76.2 Å². The molecule has 2 atom stereocenters. The Morgan fingerprint density at radius 1 is 1.23 bits per heavy atom. The fourth-order valence-electron chi connectivity index (χ4n) is 4.73. The highest BCUT2D eigenvalue weighted by molar-refractivity contribution is 6.00. The van der Waals surface area contributed by atoms with Gasteiger partial charge in [-0.2, -0.15) is 0 Å². The van der Waals surface area contributed by atoms with Gasteiger partial charge in [0, 0.05) is 17.7 Å². The molecule has 0 saturated heterocycles. The number of allylic oxidation sites excluding steroid dienone is 1. The van der Waals surface area contributed by atoms with Crippen LogP contribution in [0.25, 0.3) is 0 Å². The van der Waals surface area contributed by atoms with Gasteiger partial charge in [0.15, 0.2) is 5.78 Å². The number of para-hydroxylation sites is 1. The van der Waals surface area contributed by atoms with Crippen LogP contribution in [0.15, 0.2) is 41.6 Å². The van der Waals surface area contributed by atoms with Crippen LogP contribution in [0, 0.1) is 16.7 Å². The summed E-state index contributed by atoms with van der Waals surface area (Å²) in [7, 11) is 0. The fourth-order valence-corrected chi connectivity index (χ4v) is 4.73. The first-order chi connectivity index (χ1) is 12.1. The second-order valence-electron chi connectivity index (χ2n) is 10.3. The minimum Gasteiger partial charge on any atom is -0.294 e. The zero-order valence-electron chi connectivity index (χ0n) is 17.2. The summed E-state index contributed by atoms with van der Waals surface area (Å²) in [5, 5.41) is 2.19. The molecule has 0 radical (unpaired) electrons. The van der Waals surface area contributed by atoms with Gasteiger partial charge in [0.1, 0.15) is 0 Å². The van der Waals surface area contributed by atoms with Crippen molar-refractivity contribution in [3.63, 3.8) is 0 Å². The zero-order chi connectivity index (χ0) is 19.1. The molecular formula is C23H34N2O. The smallest absolute Gasteiger partial charge is 0.162 e. The molecule has 142 valence electrons. The Morgan fingerprint density at radius 3 is 2.50 bits per heavy atom. The quantitative estimate of drug-likeness (QED) is 0.776. The number of Topliss-reactive ketones (excluding diaryl/α,β-unsaturated/α-hetero) is 1. The number of nitrogens with one attached hydrogen (secondary N) is 1. The summed E-state index contributed by atoms with van der Waals surface area (Å²) >= 11 is 0. The van der Waals surface area contributed by atoms with E-state index in [0.717, 1.165) is 30.5 Å². The Morgan fingerprint density at radius 2 is 1.88 bits per heavy atom. The summed E-state index contributed by atoms with van der Waals surface area (Å²) in [4.78, 5) is 13.0. The minimum atomic E-state index is 0.0626. The van der Waals surface area contributed by atoms with E-state index in [1.807, 2.05) is 6.07 Å². The van der Waals surface area contributed by atoms with E-state index in [-0.39, 0.29) is 11.5 Å². The summed E-state index contributed by atoms with van der Waals surface area (Å²) in [5.41, 5.74) is 7.36. The van der Waals surface area contributed by atoms with Gasteiger partial charge < -0.3 is 0 Å². The summed E-state index contributed by atoms with van der Waals surface area (Å²) in [6.07, 6.45) is 3.75. The van der Waals surface area contributed by atoms with Gasteiger partial charge in [0.2, 0.25) is 0 Å². The molecule has 0 spiro atoms. The number of rotatable bonds is 4. The number of anilines is 1. The number of carbonyl (C=O) groups is 1. The molecule has 0 amide bonds. The van der Waals surface area contributed by atoms with Crippen molar-refractivity contribution in [1.29, 1.82) is 0 Å². The van der Waals surface area contributed by atoms with Gasteiger partial charge in [0.05, 0.1) is 11.7 Å². The highest BCUT2D eigenvalue weighted by Gasteiger charge is 2.44. The van der Waals surface area contributed by atoms with Crippen LogP contribution in [0.3, 0.4) is 0 Å². The molecule has 1 aromatic carbocycles. The molecule has 1 aromatic rings. The average molecular weight is 355 g/mol.